The van der Waals surface area contributed by atoms with Crippen molar-refractivity contribution in [3.63, 3.8) is 0 Å². The van der Waals surface area contributed by atoms with Gasteiger partial charge in [-0.3, -0.25) is 4.79 Å². The van der Waals surface area contributed by atoms with Gasteiger partial charge in [0.2, 0.25) is 0 Å². The number of carbonyl (C=O) groups excluding carboxylic acids is 1. The zero-order valence-electron chi connectivity index (χ0n) is 19.2. The first kappa shape index (κ1) is 25.7. The van der Waals surface area contributed by atoms with Gasteiger partial charge in [0.25, 0.3) is 0 Å². The Morgan fingerprint density at radius 2 is 1.82 bits per heavy atom. The van der Waals surface area contributed by atoms with Crippen LogP contribution in [0.1, 0.15) is 45.1 Å². The zero-order valence-corrected chi connectivity index (χ0v) is 21.6. The van der Waals surface area contributed by atoms with Gasteiger partial charge in [-0.05, 0) is 81.6 Å². The van der Waals surface area contributed by atoms with Gasteiger partial charge in [0.05, 0.1) is 18.1 Å². The van der Waals surface area contributed by atoms with E-state index in [2.05, 4.69) is 21.2 Å². The molecule has 2 aromatic rings. The second-order valence-corrected chi connectivity index (χ2v) is 11.8. The highest BCUT2D eigenvalue weighted by Crippen LogP contribution is 2.32. The van der Waals surface area contributed by atoms with Gasteiger partial charge in [0.15, 0.2) is 14.6 Å². The second-order valence-electron chi connectivity index (χ2n) is 8.51. The monoisotopic (exact) mass is 537 g/mol. The molecule has 0 saturated carbocycles. The quantitative estimate of drug-likeness (QED) is 0.442. The van der Waals surface area contributed by atoms with Gasteiger partial charge in [0.1, 0.15) is 5.75 Å². The molecule has 0 radical (unpaired) electrons. The number of benzene rings is 2. The van der Waals surface area contributed by atoms with E-state index in [1.165, 1.54) is 38.3 Å². The van der Waals surface area contributed by atoms with Gasteiger partial charge in [-0.25, -0.2) is 8.42 Å². The first-order valence-electron chi connectivity index (χ1n) is 11.4. The minimum absolute atomic E-state index is 0.00347. The summed E-state index contributed by atoms with van der Waals surface area (Å²) in [5.41, 5.74) is 0.715. The molecule has 180 valence electrons. The lowest BCUT2D eigenvalue weighted by molar-refractivity contribution is -0.145. The Hall–Kier alpha value is -1.90. The molecule has 1 aliphatic heterocycles. The maximum Gasteiger partial charge on any atom is 0.327 e. The Morgan fingerprint density at radius 1 is 1.12 bits per heavy atom. The second kappa shape index (κ2) is 11.5. The minimum atomic E-state index is -4.01. The molecule has 0 spiro atoms. The van der Waals surface area contributed by atoms with Crippen molar-refractivity contribution in [2.24, 2.45) is 0 Å². The van der Waals surface area contributed by atoms with E-state index in [0.717, 1.165) is 23.2 Å². The molecular formula is C25H32BrNO5S. The molecule has 1 aliphatic rings. The van der Waals surface area contributed by atoms with Gasteiger partial charge in [-0.2, -0.15) is 0 Å². The van der Waals surface area contributed by atoms with Crippen LogP contribution < -0.4 is 10.1 Å². The van der Waals surface area contributed by atoms with Crippen LogP contribution in [0.2, 0.25) is 0 Å². The third-order valence-corrected chi connectivity index (χ3v) is 8.96. The van der Waals surface area contributed by atoms with Crippen LogP contribution in [0.5, 0.6) is 5.75 Å². The molecule has 1 saturated heterocycles. The fourth-order valence-electron chi connectivity index (χ4n) is 4.02. The van der Waals surface area contributed by atoms with E-state index in [0.29, 0.717) is 18.2 Å². The number of halogens is 1. The van der Waals surface area contributed by atoms with Crippen LogP contribution in [0.15, 0.2) is 57.9 Å². The summed E-state index contributed by atoms with van der Waals surface area (Å²) in [5.74, 6) is -0.0311. The number of sulfone groups is 1. The number of carbonyl (C=O) groups is 1. The summed E-state index contributed by atoms with van der Waals surface area (Å²) in [6.07, 6.45) is 4.63. The van der Waals surface area contributed by atoms with Crippen molar-refractivity contribution in [2.75, 3.05) is 19.8 Å². The summed E-state index contributed by atoms with van der Waals surface area (Å²) in [6.45, 7) is 4.90. The van der Waals surface area contributed by atoms with Crippen LogP contribution in [0.3, 0.4) is 0 Å². The van der Waals surface area contributed by atoms with Crippen molar-refractivity contribution in [3.05, 3.63) is 58.6 Å². The van der Waals surface area contributed by atoms with Crippen molar-refractivity contribution in [2.45, 2.75) is 61.6 Å². The summed E-state index contributed by atoms with van der Waals surface area (Å²) >= 11 is 3.32. The van der Waals surface area contributed by atoms with E-state index >= 15 is 0 Å². The highest BCUT2D eigenvalue weighted by atomic mass is 79.9. The molecule has 6 nitrogen and oxygen atoms in total. The lowest BCUT2D eigenvalue weighted by Crippen LogP contribution is -2.46. The molecule has 33 heavy (non-hydrogen) atoms. The van der Waals surface area contributed by atoms with Gasteiger partial charge in [0, 0.05) is 16.9 Å². The summed E-state index contributed by atoms with van der Waals surface area (Å²) in [7, 11) is -4.01. The standard InChI is InChI=1S/C25H32BrNO5S/c1-3-31-24(28)25(2,33(29,30)23-13-9-20(26)10-14-23)18-19-7-11-22(12-8-19)32-17-15-21-6-4-5-16-27-21/h7-14,21,27H,3-6,15-18H2,1-2H3. The van der Waals surface area contributed by atoms with Crippen molar-refractivity contribution < 1.29 is 22.7 Å². The van der Waals surface area contributed by atoms with Crippen molar-refractivity contribution in [3.8, 4) is 5.75 Å². The number of piperidine rings is 1. The van der Waals surface area contributed by atoms with Crippen LogP contribution in [-0.4, -0.2) is 44.9 Å². The van der Waals surface area contributed by atoms with Crippen molar-refractivity contribution in [1.29, 1.82) is 0 Å². The minimum Gasteiger partial charge on any atom is -0.494 e. The maximum absolute atomic E-state index is 13.5. The van der Waals surface area contributed by atoms with E-state index < -0.39 is 20.6 Å². The molecule has 1 heterocycles. The Bertz CT molecular complexity index is 1020. The summed E-state index contributed by atoms with van der Waals surface area (Å²) in [6, 6.07) is 14.0. The molecule has 1 fully saturated rings. The Balaban J connectivity index is 1.73. The summed E-state index contributed by atoms with van der Waals surface area (Å²) in [5, 5.41) is 3.51. The van der Waals surface area contributed by atoms with E-state index in [4.69, 9.17) is 9.47 Å². The van der Waals surface area contributed by atoms with Crippen LogP contribution in [-0.2, 0) is 25.8 Å². The zero-order chi connectivity index (χ0) is 23.9. The number of ether oxygens (including phenoxy) is 2. The molecule has 0 amide bonds. The third kappa shape index (κ3) is 6.37. The van der Waals surface area contributed by atoms with Crippen molar-refractivity contribution >= 4 is 31.7 Å². The predicted molar refractivity (Wildman–Crippen MR) is 132 cm³/mol. The average molecular weight is 539 g/mol. The molecule has 0 aromatic heterocycles. The highest BCUT2D eigenvalue weighted by Gasteiger charge is 2.48. The van der Waals surface area contributed by atoms with Crippen LogP contribution in [0.4, 0.5) is 0 Å². The van der Waals surface area contributed by atoms with Crippen LogP contribution in [0.25, 0.3) is 0 Å². The van der Waals surface area contributed by atoms with Crippen LogP contribution >= 0.6 is 15.9 Å². The fourth-order valence-corrected chi connectivity index (χ4v) is 5.93. The van der Waals surface area contributed by atoms with Gasteiger partial charge in [-0.15, -0.1) is 0 Å². The highest BCUT2D eigenvalue weighted by molar-refractivity contribution is 9.10. The lowest BCUT2D eigenvalue weighted by Gasteiger charge is -2.27. The van der Waals surface area contributed by atoms with Gasteiger partial charge < -0.3 is 14.8 Å². The topological polar surface area (TPSA) is 81.7 Å². The fraction of sp³-hybridized carbons (Fsp3) is 0.480. The molecule has 1 N–H and O–H groups in total. The van der Waals surface area contributed by atoms with Gasteiger partial charge >= 0.3 is 5.97 Å². The maximum atomic E-state index is 13.5. The Morgan fingerprint density at radius 3 is 2.42 bits per heavy atom. The number of esters is 1. The largest absolute Gasteiger partial charge is 0.494 e. The number of nitrogens with one attached hydrogen (secondary N) is 1. The molecule has 0 bridgehead atoms. The van der Waals surface area contributed by atoms with E-state index in [1.54, 1.807) is 19.1 Å². The first-order chi connectivity index (χ1) is 15.8. The smallest absolute Gasteiger partial charge is 0.327 e. The van der Waals surface area contributed by atoms with Crippen molar-refractivity contribution in [1.82, 2.24) is 5.32 Å². The normalized spacial score (nSPS) is 18.3. The first-order valence-corrected chi connectivity index (χ1v) is 13.7. The molecule has 2 atom stereocenters. The number of rotatable bonds is 10. The molecule has 2 aromatic carbocycles. The van der Waals surface area contributed by atoms with Gasteiger partial charge in [-0.1, -0.05) is 34.5 Å². The number of hydrogen-bond donors (Lipinski definition) is 1. The molecular weight excluding hydrogens is 506 g/mol. The average Bonchev–Trinajstić information content (AvgIpc) is 2.81. The SMILES string of the molecule is CCOC(=O)C(C)(Cc1ccc(OCCC2CCCCN2)cc1)S(=O)(=O)c1ccc(Br)cc1. The van der Waals surface area contributed by atoms with E-state index in [1.807, 2.05) is 24.3 Å². The number of hydrogen-bond acceptors (Lipinski definition) is 6. The summed E-state index contributed by atoms with van der Waals surface area (Å²) in [4.78, 5) is 13.0. The van der Waals surface area contributed by atoms with E-state index in [9.17, 15) is 13.2 Å². The Labute approximate surface area is 205 Å². The molecule has 3 rings (SSSR count). The van der Waals surface area contributed by atoms with E-state index in [-0.39, 0.29) is 17.9 Å². The molecule has 0 aliphatic carbocycles. The summed E-state index contributed by atoms with van der Waals surface area (Å²) < 4.78 is 37.1. The Kier molecular flexibility index (Phi) is 8.95. The predicted octanol–water partition coefficient (Wildman–Crippen LogP) is 4.70. The third-order valence-electron chi connectivity index (χ3n) is 6.04. The molecule has 2 unspecified atom stereocenters. The lowest BCUT2D eigenvalue weighted by atomic mass is 10.00. The van der Waals surface area contributed by atoms with Crippen LogP contribution in [0, 0.1) is 0 Å². The molecule has 8 heteroatoms.